The van der Waals surface area contributed by atoms with E-state index >= 15 is 0 Å². The van der Waals surface area contributed by atoms with Gasteiger partial charge in [-0.25, -0.2) is 4.39 Å². The fraction of sp³-hybridized carbons (Fsp3) is 0.571. The summed E-state index contributed by atoms with van der Waals surface area (Å²) in [5.41, 5.74) is -0.841. The molecular formula is C14H20F4N2. The Bertz CT molecular complexity index is 414. The van der Waals surface area contributed by atoms with Crippen molar-refractivity contribution in [3.63, 3.8) is 0 Å². The van der Waals surface area contributed by atoms with Crippen molar-refractivity contribution in [2.75, 3.05) is 26.2 Å². The lowest BCUT2D eigenvalue weighted by Crippen LogP contribution is -2.32. The van der Waals surface area contributed by atoms with Crippen LogP contribution in [0.5, 0.6) is 0 Å². The topological polar surface area (TPSA) is 15.3 Å². The summed E-state index contributed by atoms with van der Waals surface area (Å²) in [4.78, 5) is 2.17. The summed E-state index contributed by atoms with van der Waals surface area (Å²) in [6.07, 6.45) is -4.53. The van der Waals surface area contributed by atoms with Crippen molar-refractivity contribution in [1.29, 1.82) is 0 Å². The molecule has 0 bridgehead atoms. The third-order valence-corrected chi connectivity index (χ3v) is 3.19. The maximum Gasteiger partial charge on any atom is 0.416 e. The summed E-state index contributed by atoms with van der Waals surface area (Å²) in [5.74, 6) is -0.871. The van der Waals surface area contributed by atoms with Gasteiger partial charge in [-0.05, 0) is 30.8 Å². The Morgan fingerprint density at radius 3 is 2.35 bits per heavy atom. The molecule has 1 rings (SSSR count). The van der Waals surface area contributed by atoms with Crippen LogP contribution in [0.15, 0.2) is 18.2 Å². The van der Waals surface area contributed by atoms with Gasteiger partial charge in [0.25, 0.3) is 0 Å². The summed E-state index contributed by atoms with van der Waals surface area (Å²) >= 11 is 0. The largest absolute Gasteiger partial charge is 0.416 e. The zero-order valence-electron chi connectivity index (χ0n) is 11.7. The molecule has 0 amide bonds. The highest BCUT2D eigenvalue weighted by Gasteiger charge is 2.33. The highest BCUT2D eigenvalue weighted by Crippen LogP contribution is 2.32. The van der Waals surface area contributed by atoms with Crippen molar-refractivity contribution in [2.24, 2.45) is 0 Å². The molecule has 0 heterocycles. The second kappa shape index (κ2) is 7.59. The Hall–Kier alpha value is -1.14. The van der Waals surface area contributed by atoms with Crippen molar-refractivity contribution in [2.45, 2.75) is 26.6 Å². The van der Waals surface area contributed by atoms with E-state index in [1.165, 1.54) is 6.07 Å². The van der Waals surface area contributed by atoms with Gasteiger partial charge in [-0.2, -0.15) is 13.2 Å². The van der Waals surface area contributed by atoms with Gasteiger partial charge >= 0.3 is 6.18 Å². The van der Waals surface area contributed by atoms with Crippen LogP contribution in [0.1, 0.15) is 25.0 Å². The van der Waals surface area contributed by atoms with Crippen LogP contribution in [0.2, 0.25) is 0 Å². The van der Waals surface area contributed by atoms with E-state index in [9.17, 15) is 17.6 Å². The fourth-order valence-corrected chi connectivity index (χ4v) is 1.97. The van der Waals surface area contributed by atoms with Crippen molar-refractivity contribution in [3.05, 3.63) is 35.1 Å². The monoisotopic (exact) mass is 292 g/mol. The van der Waals surface area contributed by atoms with Gasteiger partial charge in [0.2, 0.25) is 0 Å². The highest BCUT2D eigenvalue weighted by atomic mass is 19.4. The predicted molar refractivity (Wildman–Crippen MR) is 70.9 cm³/mol. The first kappa shape index (κ1) is 16.9. The zero-order valence-corrected chi connectivity index (χ0v) is 11.7. The third kappa shape index (κ3) is 5.09. The lowest BCUT2D eigenvalue weighted by molar-refractivity contribution is -0.138. The Morgan fingerprint density at radius 1 is 1.15 bits per heavy atom. The molecule has 0 aliphatic rings. The van der Waals surface area contributed by atoms with Crippen molar-refractivity contribution in [3.8, 4) is 0 Å². The molecule has 0 fully saturated rings. The Morgan fingerprint density at radius 2 is 1.80 bits per heavy atom. The molecule has 20 heavy (non-hydrogen) atoms. The molecule has 1 N–H and O–H groups in total. The van der Waals surface area contributed by atoms with E-state index in [4.69, 9.17) is 0 Å². The molecule has 114 valence electrons. The van der Waals surface area contributed by atoms with Crippen LogP contribution in [0.3, 0.4) is 0 Å². The van der Waals surface area contributed by atoms with E-state index in [0.29, 0.717) is 12.6 Å². The molecule has 0 spiro atoms. The van der Waals surface area contributed by atoms with E-state index < -0.39 is 17.6 Å². The van der Waals surface area contributed by atoms with Crippen molar-refractivity contribution in [1.82, 2.24) is 10.2 Å². The minimum absolute atomic E-state index is 0.0680. The molecule has 0 aliphatic heterocycles. The van der Waals surface area contributed by atoms with Gasteiger partial charge in [-0.1, -0.05) is 19.9 Å². The molecule has 0 aliphatic carbocycles. The molecular weight excluding hydrogens is 272 g/mol. The lowest BCUT2D eigenvalue weighted by atomic mass is 10.1. The van der Waals surface area contributed by atoms with E-state index in [2.05, 4.69) is 10.2 Å². The smallest absolute Gasteiger partial charge is 0.311 e. The van der Waals surface area contributed by atoms with E-state index in [1.807, 2.05) is 13.8 Å². The van der Waals surface area contributed by atoms with E-state index in [1.54, 1.807) is 0 Å². The number of nitrogens with one attached hydrogen (secondary N) is 1. The first-order valence-corrected chi connectivity index (χ1v) is 6.67. The average Bonchev–Trinajstić information content (AvgIpc) is 2.39. The van der Waals surface area contributed by atoms with Gasteiger partial charge in [0.1, 0.15) is 5.82 Å². The second-order valence-electron chi connectivity index (χ2n) is 4.50. The van der Waals surface area contributed by atoms with E-state index in [-0.39, 0.29) is 12.1 Å². The maximum absolute atomic E-state index is 12.9. The van der Waals surface area contributed by atoms with Crippen LogP contribution in [0.4, 0.5) is 17.6 Å². The van der Waals surface area contributed by atoms with Crippen molar-refractivity contribution < 1.29 is 17.6 Å². The number of halogens is 4. The van der Waals surface area contributed by atoms with Crippen LogP contribution < -0.4 is 5.32 Å². The molecule has 1 aromatic rings. The fourth-order valence-electron chi connectivity index (χ4n) is 1.97. The minimum atomic E-state index is -4.53. The third-order valence-electron chi connectivity index (χ3n) is 3.19. The molecule has 0 atom stereocenters. The summed E-state index contributed by atoms with van der Waals surface area (Å²) in [6.45, 7) is 7.32. The summed E-state index contributed by atoms with van der Waals surface area (Å²) < 4.78 is 51.3. The van der Waals surface area contributed by atoms with Crippen LogP contribution in [-0.2, 0) is 12.7 Å². The summed E-state index contributed by atoms with van der Waals surface area (Å²) in [6, 6.07) is 2.78. The van der Waals surface area contributed by atoms with Crippen LogP contribution in [-0.4, -0.2) is 31.1 Å². The first-order valence-electron chi connectivity index (χ1n) is 6.67. The minimum Gasteiger partial charge on any atom is -0.311 e. The van der Waals surface area contributed by atoms with Crippen LogP contribution in [0.25, 0.3) is 0 Å². The number of benzene rings is 1. The first-order chi connectivity index (χ1) is 9.38. The van der Waals surface area contributed by atoms with Crippen molar-refractivity contribution >= 4 is 0 Å². The molecule has 2 nitrogen and oxygen atoms in total. The summed E-state index contributed by atoms with van der Waals surface area (Å²) in [5, 5.41) is 2.97. The quantitative estimate of drug-likeness (QED) is 0.613. The van der Waals surface area contributed by atoms with Gasteiger partial charge in [0.15, 0.2) is 0 Å². The molecule has 0 saturated heterocycles. The number of nitrogens with zero attached hydrogens (tertiary/aromatic N) is 1. The maximum atomic E-state index is 12.9. The highest BCUT2D eigenvalue weighted by molar-refractivity contribution is 5.30. The number of alkyl halides is 3. The Labute approximate surface area is 116 Å². The van der Waals surface area contributed by atoms with E-state index in [0.717, 1.165) is 25.7 Å². The molecule has 0 unspecified atom stereocenters. The Kier molecular flexibility index (Phi) is 6.42. The standard InChI is InChI=1S/C14H20F4N2/c1-3-20(4-2)8-7-19-10-11-5-6-12(15)9-13(11)14(16,17)18/h5-6,9,19H,3-4,7-8,10H2,1-2H3. The normalized spacial score (nSPS) is 12.2. The van der Waals surface area contributed by atoms with Gasteiger partial charge in [-0.3, -0.25) is 0 Å². The van der Waals surface area contributed by atoms with Gasteiger partial charge in [0.05, 0.1) is 5.56 Å². The van der Waals surface area contributed by atoms with Gasteiger partial charge in [0, 0.05) is 19.6 Å². The number of hydrogen-bond acceptors (Lipinski definition) is 2. The molecule has 0 radical (unpaired) electrons. The molecule has 0 aromatic heterocycles. The van der Waals surface area contributed by atoms with Gasteiger partial charge in [-0.15, -0.1) is 0 Å². The predicted octanol–water partition coefficient (Wildman–Crippen LogP) is 3.28. The number of rotatable bonds is 7. The zero-order chi connectivity index (χ0) is 15.2. The average molecular weight is 292 g/mol. The summed E-state index contributed by atoms with van der Waals surface area (Å²) in [7, 11) is 0. The van der Waals surface area contributed by atoms with Crippen LogP contribution >= 0.6 is 0 Å². The number of hydrogen-bond donors (Lipinski definition) is 1. The number of likely N-dealkylation sites (N-methyl/N-ethyl adjacent to an activating group) is 1. The lowest BCUT2D eigenvalue weighted by Gasteiger charge is -2.18. The molecule has 0 saturated carbocycles. The molecule has 6 heteroatoms. The Balaban J connectivity index is 2.60. The van der Waals surface area contributed by atoms with Crippen LogP contribution in [0, 0.1) is 5.82 Å². The van der Waals surface area contributed by atoms with Gasteiger partial charge < -0.3 is 10.2 Å². The second-order valence-corrected chi connectivity index (χ2v) is 4.50. The molecule has 1 aromatic carbocycles. The SMILES string of the molecule is CCN(CC)CCNCc1ccc(F)cc1C(F)(F)F.